The highest BCUT2D eigenvalue weighted by Gasteiger charge is 2.20. The summed E-state index contributed by atoms with van der Waals surface area (Å²) in [6.07, 6.45) is 4.21. The van der Waals surface area contributed by atoms with Crippen LogP contribution in [0.3, 0.4) is 0 Å². The highest BCUT2D eigenvalue weighted by molar-refractivity contribution is 5.92. The molecule has 1 fully saturated rings. The quantitative estimate of drug-likeness (QED) is 0.818. The maximum Gasteiger partial charge on any atom is 0.276 e. The Hall–Kier alpha value is -2.01. The van der Waals surface area contributed by atoms with E-state index in [0.29, 0.717) is 17.9 Å². The molecule has 0 bridgehead atoms. The van der Waals surface area contributed by atoms with Gasteiger partial charge in [0.2, 0.25) is 5.75 Å². The van der Waals surface area contributed by atoms with Gasteiger partial charge in [-0.2, -0.15) is 5.48 Å². The fourth-order valence-corrected chi connectivity index (χ4v) is 2.08. The van der Waals surface area contributed by atoms with Crippen molar-refractivity contribution in [2.75, 3.05) is 13.1 Å². The third-order valence-corrected chi connectivity index (χ3v) is 3.26. The second kappa shape index (κ2) is 4.34. The normalized spacial score (nSPS) is 18.3. The Bertz CT molecular complexity index is 521. The van der Waals surface area contributed by atoms with E-state index in [1.807, 2.05) is 12.1 Å². The number of benzene rings is 1. The molecular formula is C13H14N2O3. The highest BCUT2D eigenvalue weighted by Crippen LogP contribution is 2.36. The Balaban J connectivity index is 1.91. The number of nitrogens with one attached hydrogen (secondary N) is 1. The van der Waals surface area contributed by atoms with Crippen molar-refractivity contribution in [1.29, 1.82) is 0 Å². The SMILES string of the molecule is O=C1C=Cc2ccc(CN3CCC3)c(O)c2ON1. The smallest absolute Gasteiger partial charge is 0.276 e. The van der Waals surface area contributed by atoms with E-state index in [0.717, 1.165) is 18.7 Å². The number of phenols is 1. The lowest BCUT2D eigenvalue weighted by Crippen LogP contribution is -2.36. The van der Waals surface area contributed by atoms with Crippen LogP contribution in [-0.4, -0.2) is 29.0 Å². The third kappa shape index (κ3) is 1.93. The predicted molar refractivity (Wildman–Crippen MR) is 65.8 cm³/mol. The van der Waals surface area contributed by atoms with Gasteiger partial charge in [0.25, 0.3) is 5.91 Å². The first-order valence-corrected chi connectivity index (χ1v) is 5.96. The van der Waals surface area contributed by atoms with Gasteiger partial charge in [0, 0.05) is 23.7 Å². The van der Waals surface area contributed by atoms with Gasteiger partial charge in [-0.25, -0.2) is 0 Å². The van der Waals surface area contributed by atoms with Crippen LogP contribution in [0.25, 0.3) is 6.08 Å². The van der Waals surface area contributed by atoms with Crippen LogP contribution in [0.5, 0.6) is 11.5 Å². The van der Waals surface area contributed by atoms with Crippen molar-refractivity contribution in [1.82, 2.24) is 10.4 Å². The number of nitrogens with zero attached hydrogens (tertiary/aromatic N) is 1. The minimum Gasteiger partial charge on any atom is -0.504 e. The standard InChI is InChI=1S/C13H14N2O3/c16-11-5-4-9-2-3-10(8-15-6-1-7-15)12(17)13(9)18-14-11/h2-5,17H,1,6-8H2,(H,14,16). The molecule has 18 heavy (non-hydrogen) atoms. The Kier molecular flexibility index (Phi) is 2.68. The van der Waals surface area contributed by atoms with E-state index in [9.17, 15) is 9.90 Å². The Morgan fingerprint density at radius 3 is 2.89 bits per heavy atom. The topological polar surface area (TPSA) is 61.8 Å². The Morgan fingerprint density at radius 2 is 2.17 bits per heavy atom. The first kappa shape index (κ1) is 11.1. The van der Waals surface area contributed by atoms with Gasteiger partial charge in [0.1, 0.15) is 0 Å². The molecule has 1 aromatic rings. The average Bonchev–Trinajstić information content (AvgIpc) is 2.49. The summed E-state index contributed by atoms with van der Waals surface area (Å²) in [4.78, 5) is 18.5. The number of fused-ring (bicyclic) bond motifs is 1. The molecule has 0 unspecified atom stereocenters. The molecular weight excluding hydrogens is 232 g/mol. The zero-order valence-corrected chi connectivity index (χ0v) is 9.85. The maximum absolute atomic E-state index is 11.2. The summed E-state index contributed by atoms with van der Waals surface area (Å²) in [5.41, 5.74) is 3.76. The van der Waals surface area contributed by atoms with Crippen LogP contribution in [0.2, 0.25) is 0 Å². The van der Waals surface area contributed by atoms with Crippen LogP contribution < -0.4 is 10.3 Å². The second-order valence-electron chi connectivity index (χ2n) is 4.52. The monoisotopic (exact) mass is 246 g/mol. The van der Waals surface area contributed by atoms with Crippen LogP contribution in [0, 0.1) is 0 Å². The fraction of sp³-hybridized carbons (Fsp3) is 0.308. The number of hydroxylamine groups is 1. The number of aromatic hydroxyl groups is 1. The second-order valence-corrected chi connectivity index (χ2v) is 4.52. The van der Waals surface area contributed by atoms with Gasteiger partial charge in [0.15, 0.2) is 5.75 Å². The molecule has 3 rings (SSSR count). The minimum absolute atomic E-state index is 0.103. The van der Waals surface area contributed by atoms with Gasteiger partial charge in [0.05, 0.1) is 0 Å². The number of carbonyl (C=O) groups excluding carboxylic acids is 1. The van der Waals surface area contributed by atoms with Gasteiger partial charge in [-0.1, -0.05) is 12.1 Å². The van der Waals surface area contributed by atoms with Crippen molar-refractivity contribution in [3.8, 4) is 11.5 Å². The maximum atomic E-state index is 11.2. The Labute approximate surface area is 105 Å². The number of likely N-dealkylation sites (tertiary alicyclic amines) is 1. The fourth-order valence-electron chi connectivity index (χ4n) is 2.08. The summed E-state index contributed by atoms with van der Waals surface area (Å²) in [7, 11) is 0. The van der Waals surface area contributed by atoms with Crippen molar-refractivity contribution in [2.24, 2.45) is 0 Å². The molecule has 2 N–H and O–H groups in total. The Morgan fingerprint density at radius 1 is 1.33 bits per heavy atom. The van der Waals surface area contributed by atoms with E-state index < -0.39 is 0 Å². The summed E-state index contributed by atoms with van der Waals surface area (Å²) in [6, 6.07) is 3.72. The minimum atomic E-state index is -0.338. The number of hydrogen-bond donors (Lipinski definition) is 2. The molecule has 0 saturated carbocycles. The van der Waals surface area contributed by atoms with Crippen LogP contribution in [0.1, 0.15) is 17.5 Å². The van der Waals surface area contributed by atoms with E-state index in [1.165, 1.54) is 12.5 Å². The van der Waals surface area contributed by atoms with Gasteiger partial charge >= 0.3 is 0 Å². The summed E-state index contributed by atoms with van der Waals surface area (Å²) in [6.45, 7) is 2.84. The number of hydrogen-bond acceptors (Lipinski definition) is 4. The molecule has 1 amide bonds. The molecule has 0 aromatic heterocycles. The number of amides is 1. The summed E-state index contributed by atoms with van der Waals surface area (Å²) < 4.78 is 0. The largest absolute Gasteiger partial charge is 0.504 e. The molecule has 0 atom stereocenters. The van der Waals surface area contributed by atoms with Crippen molar-refractivity contribution in [3.63, 3.8) is 0 Å². The third-order valence-electron chi connectivity index (χ3n) is 3.26. The zero-order valence-electron chi connectivity index (χ0n) is 9.85. The molecule has 2 heterocycles. The highest BCUT2D eigenvalue weighted by atomic mass is 16.7. The van der Waals surface area contributed by atoms with Crippen molar-refractivity contribution < 1.29 is 14.7 Å². The van der Waals surface area contributed by atoms with Crippen LogP contribution in [0.15, 0.2) is 18.2 Å². The van der Waals surface area contributed by atoms with E-state index >= 15 is 0 Å². The molecule has 5 heteroatoms. The summed E-state index contributed by atoms with van der Waals surface area (Å²) >= 11 is 0. The van der Waals surface area contributed by atoms with Crippen LogP contribution in [-0.2, 0) is 11.3 Å². The lowest BCUT2D eigenvalue weighted by Gasteiger charge is -2.31. The first-order chi connectivity index (χ1) is 8.74. The number of rotatable bonds is 2. The van der Waals surface area contributed by atoms with Crippen molar-refractivity contribution >= 4 is 12.0 Å². The lowest BCUT2D eigenvalue weighted by molar-refractivity contribution is -0.122. The molecule has 5 nitrogen and oxygen atoms in total. The van der Waals surface area contributed by atoms with Crippen LogP contribution >= 0.6 is 0 Å². The average molecular weight is 246 g/mol. The van der Waals surface area contributed by atoms with E-state index in [4.69, 9.17) is 4.84 Å². The molecule has 0 aliphatic carbocycles. The van der Waals surface area contributed by atoms with Crippen LogP contribution in [0.4, 0.5) is 0 Å². The number of phenolic OH excluding ortho intramolecular Hbond substituents is 1. The number of carbonyl (C=O) groups is 1. The zero-order chi connectivity index (χ0) is 12.5. The van der Waals surface area contributed by atoms with E-state index in [-0.39, 0.29) is 11.7 Å². The van der Waals surface area contributed by atoms with Crippen molar-refractivity contribution in [2.45, 2.75) is 13.0 Å². The van der Waals surface area contributed by atoms with E-state index in [2.05, 4.69) is 10.4 Å². The molecule has 0 radical (unpaired) electrons. The molecule has 2 aliphatic heterocycles. The predicted octanol–water partition coefficient (Wildman–Crippen LogP) is 1.03. The molecule has 2 aliphatic rings. The van der Waals surface area contributed by atoms with Gasteiger partial charge in [-0.05, 0) is 25.6 Å². The van der Waals surface area contributed by atoms with Gasteiger partial charge in [-0.3, -0.25) is 9.69 Å². The molecule has 1 saturated heterocycles. The lowest BCUT2D eigenvalue weighted by atomic mass is 10.1. The summed E-state index contributed by atoms with van der Waals surface area (Å²) in [5.74, 6) is 0.0799. The first-order valence-electron chi connectivity index (χ1n) is 5.96. The van der Waals surface area contributed by atoms with Crippen molar-refractivity contribution in [3.05, 3.63) is 29.3 Å². The van der Waals surface area contributed by atoms with E-state index in [1.54, 1.807) is 6.08 Å². The molecule has 1 aromatic carbocycles. The summed E-state index contributed by atoms with van der Waals surface area (Å²) in [5, 5.41) is 10.2. The molecule has 94 valence electrons. The molecule has 0 spiro atoms. The van der Waals surface area contributed by atoms with Gasteiger partial charge in [-0.15, -0.1) is 0 Å². The van der Waals surface area contributed by atoms with Gasteiger partial charge < -0.3 is 9.94 Å².